The van der Waals surface area contributed by atoms with Crippen molar-refractivity contribution in [3.05, 3.63) is 40.3 Å². The molecule has 0 aliphatic carbocycles. The van der Waals surface area contributed by atoms with Crippen molar-refractivity contribution >= 4 is 28.8 Å². The second-order valence-corrected chi connectivity index (χ2v) is 7.50. The van der Waals surface area contributed by atoms with Gasteiger partial charge in [-0.2, -0.15) is 0 Å². The number of aromatic hydroxyl groups is 1. The molecule has 2 aromatic rings. The molecule has 0 bridgehead atoms. The summed E-state index contributed by atoms with van der Waals surface area (Å²) in [6, 6.07) is 7.27. The summed E-state index contributed by atoms with van der Waals surface area (Å²) in [4.78, 5) is 31.4. The second kappa shape index (κ2) is 8.83. The maximum Gasteiger partial charge on any atom is 0.293 e. The van der Waals surface area contributed by atoms with Gasteiger partial charge in [-0.15, -0.1) is 11.3 Å². The first-order valence-corrected chi connectivity index (χ1v) is 9.74. The standard InChI is InChI=1S/C18H23N5O3S/c1-13-12-27-18(19-13)10-16(25)20-21-17(26)11-22-6-8-23(9-7-22)14-4-2-3-5-15(14)24/h2-5,12,24H,6-11H2,1H3,(H,20,25)(H,21,26)/p+1. The van der Waals surface area contributed by atoms with Crippen LogP contribution in [0.1, 0.15) is 10.7 Å². The number of aromatic nitrogens is 1. The van der Waals surface area contributed by atoms with Crippen LogP contribution in [0.2, 0.25) is 0 Å². The first kappa shape index (κ1) is 19.1. The predicted octanol–water partition coefficient (Wildman–Crippen LogP) is -0.748. The van der Waals surface area contributed by atoms with Crippen molar-refractivity contribution in [2.45, 2.75) is 13.3 Å². The molecule has 1 aliphatic rings. The third kappa shape index (κ3) is 5.41. The molecule has 0 saturated carbocycles. The fourth-order valence-corrected chi connectivity index (χ4v) is 3.82. The zero-order valence-electron chi connectivity index (χ0n) is 15.2. The number of quaternary nitrogens is 1. The number of carbonyl (C=O) groups excluding carboxylic acids is 2. The van der Waals surface area contributed by atoms with Crippen molar-refractivity contribution in [1.29, 1.82) is 0 Å². The Morgan fingerprint density at radius 3 is 2.59 bits per heavy atom. The van der Waals surface area contributed by atoms with E-state index in [1.54, 1.807) is 12.1 Å². The van der Waals surface area contributed by atoms with E-state index < -0.39 is 0 Å². The zero-order chi connectivity index (χ0) is 19.2. The van der Waals surface area contributed by atoms with Gasteiger partial charge in [-0.3, -0.25) is 20.4 Å². The van der Waals surface area contributed by atoms with Gasteiger partial charge in [0.25, 0.3) is 5.91 Å². The van der Waals surface area contributed by atoms with Crippen LogP contribution in [-0.2, 0) is 16.0 Å². The van der Waals surface area contributed by atoms with Crippen LogP contribution >= 0.6 is 11.3 Å². The van der Waals surface area contributed by atoms with Gasteiger partial charge in [0.15, 0.2) is 6.54 Å². The second-order valence-electron chi connectivity index (χ2n) is 6.56. The Labute approximate surface area is 161 Å². The molecule has 8 nitrogen and oxygen atoms in total. The molecule has 0 atom stereocenters. The number of amides is 2. The zero-order valence-corrected chi connectivity index (χ0v) is 16.0. The number of hydrazine groups is 1. The van der Waals surface area contributed by atoms with Crippen molar-refractivity contribution in [2.24, 2.45) is 0 Å². The fourth-order valence-electron chi connectivity index (χ4n) is 3.05. The van der Waals surface area contributed by atoms with Gasteiger partial charge in [-0.05, 0) is 19.1 Å². The number of phenolic OH excluding ortho intramolecular Hbond substituents is 1. The smallest absolute Gasteiger partial charge is 0.293 e. The lowest BCUT2D eigenvalue weighted by atomic mass is 10.2. The summed E-state index contributed by atoms with van der Waals surface area (Å²) >= 11 is 1.43. The summed E-state index contributed by atoms with van der Waals surface area (Å²) in [5.74, 6) is -0.224. The number of hydrogen-bond donors (Lipinski definition) is 4. The molecule has 1 fully saturated rings. The number of hydrogen-bond acceptors (Lipinski definition) is 6. The monoisotopic (exact) mass is 390 g/mol. The highest BCUT2D eigenvalue weighted by Gasteiger charge is 2.23. The number of benzene rings is 1. The van der Waals surface area contributed by atoms with Crippen LogP contribution in [0.25, 0.3) is 0 Å². The lowest BCUT2D eigenvalue weighted by Gasteiger charge is -2.33. The minimum absolute atomic E-state index is 0.158. The Bertz CT molecular complexity index is 802. The van der Waals surface area contributed by atoms with Crippen LogP contribution in [0.15, 0.2) is 29.6 Å². The molecular formula is C18H24N5O3S+. The van der Waals surface area contributed by atoms with Crippen molar-refractivity contribution < 1.29 is 19.6 Å². The highest BCUT2D eigenvalue weighted by atomic mass is 32.1. The van der Waals surface area contributed by atoms with Crippen molar-refractivity contribution in [1.82, 2.24) is 15.8 Å². The van der Waals surface area contributed by atoms with E-state index in [2.05, 4.69) is 20.7 Å². The molecule has 1 aromatic carbocycles. The van der Waals surface area contributed by atoms with Crippen LogP contribution in [0.3, 0.4) is 0 Å². The Balaban J connectivity index is 1.38. The van der Waals surface area contributed by atoms with Crippen molar-refractivity contribution in [2.75, 3.05) is 37.6 Å². The van der Waals surface area contributed by atoms with E-state index in [0.717, 1.165) is 47.5 Å². The van der Waals surface area contributed by atoms with Crippen LogP contribution in [0, 0.1) is 6.92 Å². The van der Waals surface area contributed by atoms with E-state index in [1.807, 2.05) is 24.4 Å². The molecule has 2 amide bonds. The number of rotatable bonds is 5. The minimum atomic E-state index is -0.280. The average molecular weight is 390 g/mol. The van der Waals surface area contributed by atoms with E-state index in [9.17, 15) is 14.7 Å². The van der Waals surface area contributed by atoms with Gasteiger partial charge in [-0.25, -0.2) is 4.98 Å². The Kier molecular flexibility index (Phi) is 6.25. The fraction of sp³-hybridized carbons (Fsp3) is 0.389. The Morgan fingerprint density at radius 2 is 1.93 bits per heavy atom. The number of piperazine rings is 1. The van der Waals surface area contributed by atoms with Gasteiger partial charge in [-0.1, -0.05) is 12.1 Å². The minimum Gasteiger partial charge on any atom is -0.506 e. The molecule has 1 saturated heterocycles. The summed E-state index contributed by atoms with van der Waals surface area (Å²) < 4.78 is 0. The van der Waals surface area contributed by atoms with Gasteiger partial charge < -0.3 is 14.9 Å². The molecule has 0 spiro atoms. The highest BCUT2D eigenvalue weighted by molar-refractivity contribution is 7.09. The Hall–Kier alpha value is -2.65. The summed E-state index contributed by atoms with van der Waals surface area (Å²) in [6.45, 7) is 5.26. The molecule has 3 rings (SSSR count). The molecular weight excluding hydrogens is 366 g/mol. The number of carbonyl (C=O) groups is 2. The maximum absolute atomic E-state index is 12.1. The first-order chi connectivity index (χ1) is 13.0. The van der Waals surface area contributed by atoms with Crippen LogP contribution < -0.4 is 20.7 Å². The number of para-hydroxylation sites is 2. The third-order valence-corrected chi connectivity index (χ3v) is 5.39. The molecule has 27 heavy (non-hydrogen) atoms. The number of phenols is 1. The van der Waals surface area contributed by atoms with E-state index in [1.165, 1.54) is 11.3 Å². The topological polar surface area (TPSA) is 99.0 Å². The van der Waals surface area contributed by atoms with Crippen LogP contribution in [-0.4, -0.2) is 54.6 Å². The lowest BCUT2D eigenvalue weighted by molar-refractivity contribution is -0.892. The van der Waals surface area contributed by atoms with E-state index in [0.29, 0.717) is 6.54 Å². The van der Waals surface area contributed by atoms with Crippen molar-refractivity contribution in [3.63, 3.8) is 0 Å². The van der Waals surface area contributed by atoms with E-state index in [4.69, 9.17) is 0 Å². The van der Waals surface area contributed by atoms with Gasteiger partial charge in [0.1, 0.15) is 10.8 Å². The van der Waals surface area contributed by atoms with Gasteiger partial charge >= 0.3 is 0 Å². The lowest BCUT2D eigenvalue weighted by Crippen LogP contribution is -3.16. The summed E-state index contributed by atoms with van der Waals surface area (Å²) in [6.07, 6.45) is 0.158. The SMILES string of the molecule is Cc1csc(CC(=O)NNC(=O)C[NH+]2CCN(c3ccccc3O)CC2)n1. The van der Waals surface area contributed by atoms with E-state index >= 15 is 0 Å². The highest BCUT2D eigenvalue weighted by Crippen LogP contribution is 2.25. The molecule has 0 unspecified atom stereocenters. The molecule has 4 N–H and O–H groups in total. The number of thiazole rings is 1. The summed E-state index contributed by atoms with van der Waals surface area (Å²) in [5, 5.41) is 12.6. The number of nitrogens with zero attached hydrogens (tertiary/aromatic N) is 2. The number of aryl methyl sites for hydroxylation is 1. The summed E-state index contributed by atoms with van der Waals surface area (Å²) in [5.41, 5.74) is 6.63. The predicted molar refractivity (Wildman–Crippen MR) is 103 cm³/mol. The molecule has 1 aliphatic heterocycles. The average Bonchev–Trinajstić information content (AvgIpc) is 3.06. The number of anilines is 1. The summed E-state index contributed by atoms with van der Waals surface area (Å²) in [7, 11) is 0. The van der Waals surface area contributed by atoms with Gasteiger partial charge in [0, 0.05) is 11.1 Å². The van der Waals surface area contributed by atoms with Gasteiger partial charge in [0.2, 0.25) is 5.91 Å². The normalized spacial score (nSPS) is 14.8. The maximum atomic E-state index is 12.1. The van der Waals surface area contributed by atoms with Crippen molar-refractivity contribution in [3.8, 4) is 5.75 Å². The van der Waals surface area contributed by atoms with Gasteiger partial charge in [0.05, 0.1) is 38.3 Å². The largest absolute Gasteiger partial charge is 0.506 e. The molecule has 144 valence electrons. The molecule has 9 heteroatoms. The third-order valence-electron chi connectivity index (χ3n) is 4.42. The van der Waals surface area contributed by atoms with E-state index in [-0.39, 0.29) is 24.0 Å². The quantitative estimate of drug-likeness (QED) is 0.504. The molecule has 0 radical (unpaired) electrons. The van der Waals surface area contributed by atoms with Crippen LogP contribution in [0.4, 0.5) is 5.69 Å². The Morgan fingerprint density at radius 1 is 1.22 bits per heavy atom. The molecule has 1 aromatic heterocycles. The number of nitrogens with one attached hydrogen (secondary N) is 3. The first-order valence-electron chi connectivity index (χ1n) is 8.86. The van der Waals surface area contributed by atoms with Crippen LogP contribution in [0.5, 0.6) is 5.75 Å². The molecule has 2 heterocycles.